The van der Waals surface area contributed by atoms with Crippen LogP contribution in [0.25, 0.3) is 0 Å². The smallest absolute Gasteiger partial charge is 0.332 e. The van der Waals surface area contributed by atoms with Gasteiger partial charge < -0.3 is 15.6 Å². The molecule has 0 spiro atoms. The molecular weight excluding hydrogens is 198 g/mol. The van der Waals surface area contributed by atoms with Crippen molar-refractivity contribution in [1.29, 1.82) is 0 Å². The van der Waals surface area contributed by atoms with Crippen LogP contribution >= 0.6 is 0 Å². The van der Waals surface area contributed by atoms with Crippen LogP contribution in [0.5, 0.6) is 11.5 Å². The van der Waals surface area contributed by atoms with Crippen LogP contribution in [0.4, 0.5) is 4.79 Å². The SMILES string of the molecule is COc1cc(/C=N\NC(N)=O)ccc1O. The molecule has 80 valence electrons. The number of methoxy groups -OCH3 is 1. The number of phenolic OH excluding ortho intramolecular Hbond substituents is 1. The molecule has 6 nitrogen and oxygen atoms in total. The van der Waals surface area contributed by atoms with Gasteiger partial charge in [-0.1, -0.05) is 0 Å². The third kappa shape index (κ3) is 3.18. The number of hydrazone groups is 1. The third-order valence-electron chi connectivity index (χ3n) is 1.59. The first-order valence-corrected chi connectivity index (χ1v) is 4.09. The van der Waals surface area contributed by atoms with Crippen LogP contribution < -0.4 is 15.9 Å². The number of nitrogens with one attached hydrogen (secondary N) is 1. The molecule has 0 saturated carbocycles. The molecule has 0 aromatic heterocycles. The molecule has 0 bridgehead atoms. The van der Waals surface area contributed by atoms with Gasteiger partial charge in [0.05, 0.1) is 13.3 Å². The average Bonchev–Trinajstić information content (AvgIpc) is 2.20. The molecule has 1 aromatic rings. The van der Waals surface area contributed by atoms with Crippen LogP contribution in [0, 0.1) is 0 Å². The number of benzene rings is 1. The summed E-state index contributed by atoms with van der Waals surface area (Å²) in [7, 11) is 1.44. The largest absolute Gasteiger partial charge is 0.504 e. The van der Waals surface area contributed by atoms with Crippen LogP contribution in [-0.4, -0.2) is 24.5 Å². The van der Waals surface area contributed by atoms with Crippen LogP contribution in [0.15, 0.2) is 23.3 Å². The summed E-state index contributed by atoms with van der Waals surface area (Å²) in [5.41, 5.74) is 7.52. The Balaban J connectivity index is 2.78. The summed E-state index contributed by atoms with van der Waals surface area (Å²) >= 11 is 0. The van der Waals surface area contributed by atoms with E-state index in [0.29, 0.717) is 11.3 Å². The zero-order chi connectivity index (χ0) is 11.3. The molecule has 1 rings (SSSR count). The first-order chi connectivity index (χ1) is 7.13. The highest BCUT2D eigenvalue weighted by atomic mass is 16.5. The van der Waals surface area contributed by atoms with Gasteiger partial charge in [0.1, 0.15) is 0 Å². The predicted molar refractivity (Wildman–Crippen MR) is 55.0 cm³/mol. The summed E-state index contributed by atoms with van der Waals surface area (Å²) in [6.45, 7) is 0. The topological polar surface area (TPSA) is 96.9 Å². The van der Waals surface area contributed by atoms with Crippen molar-refractivity contribution in [2.45, 2.75) is 0 Å². The van der Waals surface area contributed by atoms with Crippen molar-refractivity contribution in [1.82, 2.24) is 5.43 Å². The summed E-state index contributed by atoms with van der Waals surface area (Å²) < 4.78 is 4.89. The Bertz CT molecular complexity index is 390. The summed E-state index contributed by atoms with van der Waals surface area (Å²) in [4.78, 5) is 10.3. The number of ether oxygens (including phenoxy) is 1. The Morgan fingerprint density at radius 2 is 2.40 bits per heavy atom. The third-order valence-corrected chi connectivity index (χ3v) is 1.59. The van der Waals surface area contributed by atoms with Crippen molar-refractivity contribution in [3.05, 3.63) is 23.8 Å². The quantitative estimate of drug-likeness (QED) is 0.496. The van der Waals surface area contributed by atoms with E-state index in [9.17, 15) is 9.90 Å². The van der Waals surface area contributed by atoms with Crippen molar-refractivity contribution in [3.8, 4) is 11.5 Å². The fraction of sp³-hybridized carbons (Fsp3) is 0.111. The lowest BCUT2D eigenvalue weighted by molar-refractivity contribution is 0.249. The molecule has 1 aromatic carbocycles. The number of phenols is 1. The summed E-state index contributed by atoms with van der Waals surface area (Å²) in [5, 5.41) is 12.8. The predicted octanol–water partition coefficient (Wildman–Crippen LogP) is 0.403. The minimum atomic E-state index is -0.739. The number of rotatable bonds is 3. The van der Waals surface area contributed by atoms with Gasteiger partial charge in [0.25, 0.3) is 0 Å². The molecule has 0 aliphatic rings. The highest BCUT2D eigenvalue weighted by molar-refractivity contribution is 5.82. The number of primary amides is 1. The zero-order valence-corrected chi connectivity index (χ0v) is 8.10. The van der Waals surface area contributed by atoms with Crippen LogP contribution in [0.3, 0.4) is 0 Å². The van der Waals surface area contributed by atoms with Gasteiger partial charge in [-0.2, -0.15) is 5.10 Å². The Morgan fingerprint density at radius 3 is 3.00 bits per heavy atom. The lowest BCUT2D eigenvalue weighted by atomic mass is 10.2. The standard InChI is InChI=1S/C9H11N3O3/c1-15-8-4-6(2-3-7(8)13)5-11-12-9(10)14/h2-5,13H,1H3,(H3,10,12,14)/b11-5-. The normalized spacial score (nSPS) is 10.2. The van der Waals surface area contributed by atoms with Crippen LogP contribution in [0.1, 0.15) is 5.56 Å². The van der Waals surface area contributed by atoms with Crippen molar-refractivity contribution >= 4 is 12.2 Å². The van der Waals surface area contributed by atoms with Crippen molar-refractivity contribution < 1.29 is 14.6 Å². The maximum Gasteiger partial charge on any atom is 0.332 e. The first kappa shape index (κ1) is 10.8. The fourth-order valence-corrected chi connectivity index (χ4v) is 0.945. The van der Waals surface area contributed by atoms with Gasteiger partial charge in [-0.3, -0.25) is 0 Å². The molecule has 4 N–H and O–H groups in total. The number of carbonyl (C=O) groups is 1. The molecule has 0 saturated heterocycles. The number of carbonyl (C=O) groups excluding carboxylic acids is 1. The summed E-state index contributed by atoms with van der Waals surface area (Å²) in [6, 6.07) is 3.91. The molecule has 0 radical (unpaired) electrons. The van der Waals surface area contributed by atoms with E-state index in [-0.39, 0.29) is 5.75 Å². The first-order valence-electron chi connectivity index (χ1n) is 4.09. The van der Waals surface area contributed by atoms with E-state index in [1.165, 1.54) is 19.4 Å². The van der Waals surface area contributed by atoms with E-state index in [1.54, 1.807) is 12.1 Å². The molecule has 0 fully saturated rings. The molecule has 15 heavy (non-hydrogen) atoms. The van der Waals surface area contributed by atoms with Crippen LogP contribution in [-0.2, 0) is 0 Å². The van der Waals surface area contributed by atoms with E-state index < -0.39 is 6.03 Å². The number of aromatic hydroxyl groups is 1. The minimum absolute atomic E-state index is 0.0394. The van der Waals surface area contributed by atoms with Crippen molar-refractivity contribution in [2.75, 3.05) is 7.11 Å². The maximum absolute atomic E-state index is 10.3. The molecule has 2 amide bonds. The number of hydrogen-bond donors (Lipinski definition) is 3. The van der Waals surface area contributed by atoms with Gasteiger partial charge in [0.2, 0.25) is 0 Å². The minimum Gasteiger partial charge on any atom is -0.504 e. The van der Waals surface area contributed by atoms with E-state index in [2.05, 4.69) is 10.5 Å². The molecule has 0 aliphatic carbocycles. The van der Waals surface area contributed by atoms with Gasteiger partial charge in [-0.05, 0) is 23.8 Å². The van der Waals surface area contributed by atoms with Gasteiger partial charge >= 0.3 is 6.03 Å². The lowest BCUT2D eigenvalue weighted by Gasteiger charge is -2.03. The summed E-state index contributed by atoms with van der Waals surface area (Å²) in [5.74, 6) is 0.371. The van der Waals surface area contributed by atoms with Gasteiger partial charge in [-0.25, -0.2) is 10.2 Å². The monoisotopic (exact) mass is 209 g/mol. The highest BCUT2D eigenvalue weighted by Gasteiger charge is 2.00. The van der Waals surface area contributed by atoms with Crippen LogP contribution in [0.2, 0.25) is 0 Å². The molecule has 0 unspecified atom stereocenters. The van der Waals surface area contributed by atoms with Crippen molar-refractivity contribution in [2.24, 2.45) is 10.8 Å². The molecule has 0 heterocycles. The maximum atomic E-state index is 10.3. The summed E-state index contributed by atoms with van der Waals surface area (Å²) in [6.07, 6.45) is 1.38. The van der Waals surface area contributed by atoms with E-state index in [1.807, 2.05) is 0 Å². The Kier molecular flexibility index (Phi) is 3.50. The number of hydrogen-bond acceptors (Lipinski definition) is 4. The molecular formula is C9H11N3O3. The number of amides is 2. The zero-order valence-electron chi connectivity index (χ0n) is 8.10. The second-order valence-corrected chi connectivity index (χ2v) is 2.67. The molecule has 0 atom stereocenters. The second kappa shape index (κ2) is 4.85. The Labute approximate surface area is 86.4 Å². The fourth-order valence-electron chi connectivity index (χ4n) is 0.945. The number of nitrogens with two attached hydrogens (primary N) is 1. The molecule has 6 heteroatoms. The highest BCUT2D eigenvalue weighted by Crippen LogP contribution is 2.25. The number of nitrogens with zero attached hydrogens (tertiary/aromatic N) is 1. The van der Waals surface area contributed by atoms with Crippen molar-refractivity contribution in [3.63, 3.8) is 0 Å². The molecule has 0 aliphatic heterocycles. The van der Waals surface area contributed by atoms with Gasteiger partial charge in [-0.15, -0.1) is 0 Å². The van der Waals surface area contributed by atoms with E-state index in [0.717, 1.165) is 0 Å². The van der Waals surface area contributed by atoms with Gasteiger partial charge in [0.15, 0.2) is 11.5 Å². The number of urea groups is 1. The van der Waals surface area contributed by atoms with E-state index >= 15 is 0 Å². The Morgan fingerprint density at radius 1 is 1.67 bits per heavy atom. The Hall–Kier alpha value is -2.24. The lowest BCUT2D eigenvalue weighted by Crippen LogP contribution is -2.24. The van der Waals surface area contributed by atoms with E-state index in [4.69, 9.17) is 10.5 Å². The second-order valence-electron chi connectivity index (χ2n) is 2.67. The van der Waals surface area contributed by atoms with Gasteiger partial charge in [0, 0.05) is 0 Å². The average molecular weight is 209 g/mol.